The van der Waals surface area contributed by atoms with Gasteiger partial charge in [0.15, 0.2) is 0 Å². The van der Waals surface area contributed by atoms with Crippen LogP contribution in [0.25, 0.3) is 5.57 Å². The molecule has 1 aromatic rings. The lowest BCUT2D eigenvalue weighted by atomic mass is 9.81. The second-order valence-electron chi connectivity index (χ2n) is 7.23. The smallest absolute Gasteiger partial charge is 0.0144 e. The minimum Gasteiger partial charge on any atom is -0.303 e. The highest BCUT2D eigenvalue weighted by atomic mass is 15.1. The van der Waals surface area contributed by atoms with E-state index >= 15 is 0 Å². The van der Waals surface area contributed by atoms with Gasteiger partial charge in [-0.25, -0.2) is 0 Å². The van der Waals surface area contributed by atoms with Crippen molar-refractivity contribution in [3.05, 3.63) is 41.5 Å². The maximum atomic E-state index is 2.66. The number of rotatable bonds is 4. The molecule has 0 atom stereocenters. The largest absolute Gasteiger partial charge is 0.303 e. The summed E-state index contributed by atoms with van der Waals surface area (Å²) in [7, 11) is 0. The summed E-state index contributed by atoms with van der Waals surface area (Å²) in [6, 6.07) is 9.22. The summed E-state index contributed by atoms with van der Waals surface area (Å²) < 4.78 is 0. The van der Waals surface area contributed by atoms with Crippen LogP contribution in [0.15, 0.2) is 30.3 Å². The lowest BCUT2D eigenvalue weighted by Crippen LogP contribution is -2.20. The van der Waals surface area contributed by atoms with Crippen molar-refractivity contribution in [1.82, 2.24) is 4.90 Å². The summed E-state index contributed by atoms with van der Waals surface area (Å²) in [6.45, 7) is 3.96. The van der Waals surface area contributed by atoms with Crippen LogP contribution in [0.5, 0.6) is 0 Å². The molecule has 21 heavy (non-hydrogen) atoms. The van der Waals surface area contributed by atoms with Crippen molar-refractivity contribution in [3.63, 3.8) is 0 Å². The van der Waals surface area contributed by atoms with Gasteiger partial charge in [0.2, 0.25) is 0 Å². The Bertz CT molecular complexity index is 531. The highest BCUT2D eigenvalue weighted by Gasteiger charge is 2.39. The van der Waals surface area contributed by atoms with E-state index in [1.807, 2.05) is 0 Å². The zero-order valence-corrected chi connectivity index (χ0v) is 13.1. The average molecular weight is 281 g/mol. The molecule has 1 heterocycles. The molecule has 0 bridgehead atoms. The van der Waals surface area contributed by atoms with Gasteiger partial charge in [0.05, 0.1) is 0 Å². The number of likely N-dealkylation sites (tertiary alicyclic amines) is 1. The van der Waals surface area contributed by atoms with Gasteiger partial charge in [0, 0.05) is 5.41 Å². The molecule has 0 N–H and O–H groups in total. The molecule has 112 valence electrons. The fraction of sp³-hybridized carbons (Fsp3) is 0.600. The molecule has 4 rings (SSSR count). The van der Waals surface area contributed by atoms with Crippen LogP contribution in [0.3, 0.4) is 0 Å². The molecule has 1 saturated carbocycles. The van der Waals surface area contributed by atoms with Crippen LogP contribution in [0.1, 0.15) is 62.5 Å². The van der Waals surface area contributed by atoms with E-state index in [0.717, 1.165) is 0 Å². The van der Waals surface area contributed by atoms with Crippen LogP contribution >= 0.6 is 0 Å². The molecule has 2 fully saturated rings. The molecule has 1 nitrogen and oxygen atoms in total. The molecule has 0 radical (unpaired) electrons. The van der Waals surface area contributed by atoms with Gasteiger partial charge < -0.3 is 4.90 Å². The predicted molar refractivity (Wildman–Crippen MR) is 89.5 cm³/mol. The Morgan fingerprint density at radius 2 is 1.71 bits per heavy atom. The molecular formula is C20H27N. The fourth-order valence-corrected chi connectivity index (χ4v) is 4.81. The lowest BCUT2D eigenvalue weighted by Gasteiger charge is -2.22. The first-order valence-corrected chi connectivity index (χ1v) is 8.91. The highest BCUT2D eigenvalue weighted by molar-refractivity contribution is 5.76. The van der Waals surface area contributed by atoms with E-state index in [1.54, 1.807) is 16.7 Å². The summed E-state index contributed by atoms with van der Waals surface area (Å²) >= 11 is 0. The maximum Gasteiger partial charge on any atom is 0.0144 e. The van der Waals surface area contributed by atoms with Crippen LogP contribution in [-0.4, -0.2) is 24.5 Å². The van der Waals surface area contributed by atoms with E-state index < -0.39 is 0 Å². The minimum atomic E-state index is 0.416. The van der Waals surface area contributed by atoms with E-state index in [0.29, 0.717) is 5.41 Å². The fourth-order valence-electron chi connectivity index (χ4n) is 4.81. The zero-order chi connectivity index (χ0) is 14.1. The molecular weight excluding hydrogens is 254 g/mol. The quantitative estimate of drug-likeness (QED) is 0.768. The van der Waals surface area contributed by atoms with Gasteiger partial charge in [-0.2, -0.15) is 0 Å². The Kier molecular flexibility index (Phi) is 3.62. The number of hydrogen-bond acceptors (Lipinski definition) is 1. The van der Waals surface area contributed by atoms with E-state index in [-0.39, 0.29) is 0 Å². The van der Waals surface area contributed by atoms with E-state index in [9.17, 15) is 0 Å². The van der Waals surface area contributed by atoms with Gasteiger partial charge in [-0.1, -0.05) is 43.2 Å². The Morgan fingerprint density at radius 3 is 2.52 bits per heavy atom. The lowest BCUT2D eigenvalue weighted by molar-refractivity contribution is 0.335. The topological polar surface area (TPSA) is 3.24 Å². The number of allylic oxidation sites excluding steroid dienone is 2. The predicted octanol–water partition coefficient (Wildman–Crippen LogP) is 4.77. The number of nitrogens with zero attached hydrogens (tertiary/aromatic N) is 1. The molecule has 2 aliphatic carbocycles. The van der Waals surface area contributed by atoms with Gasteiger partial charge in [0.25, 0.3) is 0 Å². The Balaban J connectivity index is 1.49. The van der Waals surface area contributed by atoms with E-state index in [4.69, 9.17) is 0 Å². The van der Waals surface area contributed by atoms with Crippen molar-refractivity contribution in [2.45, 2.75) is 56.8 Å². The minimum absolute atomic E-state index is 0.416. The molecule has 1 saturated heterocycles. The molecule has 1 aliphatic heterocycles. The monoisotopic (exact) mass is 281 g/mol. The van der Waals surface area contributed by atoms with Crippen LogP contribution in [0, 0.1) is 0 Å². The average Bonchev–Trinajstić information content (AvgIpc) is 3.23. The Morgan fingerprint density at radius 1 is 0.952 bits per heavy atom. The molecule has 3 aliphatic rings. The van der Waals surface area contributed by atoms with Crippen molar-refractivity contribution >= 4 is 5.57 Å². The summed E-state index contributed by atoms with van der Waals surface area (Å²) in [5, 5.41) is 0. The van der Waals surface area contributed by atoms with Crippen molar-refractivity contribution in [1.29, 1.82) is 0 Å². The van der Waals surface area contributed by atoms with Crippen LogP contribution < -0.4 is 0 Å². The molecule has 1 aromatic carbocycles. The third kappa shape index (κ3) is 2.46. The number of fused-ring (bicyclic) bond motifs is 2. The first kappa shape index (κ1) is 13.6. The van der Waals surface area contributed by atoms with Crippen LogP contribution in [0.4, 0.5) is 0 Å². The SMILES string of the molecule is C1=C(CCCN2CCCC2)c2ccccc2C12CCCC2. The summed E-state index contributed by atoms with van der Waals surface area (Å²) in [4.78, 5) is 2.65. The third-order valence-electron chi connectivity index (χ3n) is 5.87. The molecule has 0 amide bonds. The van der Waals surface area contributed by atoms with Gasteiger partial charge in [0.1, 0.15) is 0 Å². The molecule has 1 spiro atoms. The maximum absolute atomic E-state index is 2.66. The van der Waals surface area contributed by atoms with Gasteiger partial charge in [-0.15, -0.1) is 0 Å². The van der Waals surface area contributed by atoms with Crippen molar-refractivity contribution in [3.8, 4) is 0 Å². The van der Waals surface area contributed by atoms with Crippen molar-refractivity contribution < 1.29 is 0 Å². The van der Waals surface area contributed by atoms with Crippen molar-refractivity contribution in [2.24, 2.45) is 0 Å². The summed E-state index contributed by atoms with van der Waals surface area (Å²) in [5.41, 5.74) is 5.27. The van der Waals surface area contributed by atoms with Gasteiger partial charge in [-0.05, 0) is 74.9 Å². The van der Waals surface area contributed by atoms with Crippen molar-refractivity contribution in [2.75, 3.05) is 19.6 Å². The standard InChI is InChI=1S/C20H27N/c1-2-10-19-18(9-1)17(16-20(19)11-3-4-12-20)8-7-15-21-13-5-6-14-21/h1-2,9-10,16H,3-8,11-15H2. The summed E-state index contributed by atoms with van der Waals surface area (Å²) in [6.07, 6.45) is 13.7. The molecule has 1 heteroatoms. The molecule has 0 unspecified atom stereocenters. The zero-order valence-electron chi connectivity index (χ0n) is 13.1. The first-order valence-electron chi connectivity index (χ1n) is 8.91. The van der Waals surface area contributed by atoms with Crippen LogP contribution in [0.2, 0.25) is 0 Å². The number of hydrogen-bond donors (Lipinski definition) is 0. The van der Waals surface area contributed by atoms with Gasteiger partial charge >= 0.3 is 0 Å². The number of benzene rings is 1. The van der Waals surface area contributed by atoms with E-state index in [2.05, 4.69) is 35.2 Å². The Hall–Kier alpha value is -1.08. The highest BCUT2D eigenvalue weighted by Crippen LogP contribution is 2.51. The summed E-state index contributed by atoms with van der Waals surface area (Å²) in [5.74, 6) is 0. The second kappa shape index (κ2) is 5.61. The normalized spacial score (nSPS) is 23.7. The van der Waals surface area contributed by atoms with E-state index in [1.165, 1.54) is 71.0 Å². The third-order valence-corrected chi connectivity index (χ3v) is 5.87. The molecule has 0 aromatic heterocycles. The van der Waals surface area contributed by atoms with Gasteiger partial charge in [-0.3, -0.25) is 0 Å². The Labute approximate surface area is 129 Å². The van der Waals surface area contributed by atoms with Crippen LogP contribution in [-0.2, 0) is 5.41 Å². The first-order chi connectivity index (χ1) is 10.4. The second-order valence-corrected chi connectivity index (χ2v) is 7.23.